The maximum absolute atomic E-state index is 14.2. The largest absolute Gasteiger partial charge is 0.321 e. The number of hydrogen-bond donors (Lipinski definition) is 2. The number of ketones is 1. The second-order valence-electron chi connectivity index (χ2n) is 10.1. The number of amides is 3. The Morgan fingerprint density at radius 2 is 1.48 bits per heavy atom. The molecule has 5 aromatic carbocycles. The third-order valence-corrected chi connectivity index (χ3v) is 7.31. The molecule has 2 N–H and O–H groups in total. The molecule has 1 heterocycles. The van der Waals surface area contributed by atoms with E-state index < -0.39 is 18.1 Å². The lowest BCUT2D eigenvalue weighted by Gasteiger charge is -2.25. The summed E-state index contributed by atoms with van der Waals surface area (Å²) in [4.78, 5) is 47.3. The van der Waals surface area contributed by atoms with Crippen LogP contribution in [0.25, 0.3) is 10.8 Å². The number of carbonyl (C=O) groups excluding carboxylic acids is 3. The number of aryl methyl sites for hydroxylation is 1. The zero-order chi connectivity index (χ0) is 29.1. The highest BCUT2D eigenvalue weighted by Crippen LogP contribution is 2.29. The summed E-state index contributed by atoms with van der Waals surface area (Å²) in [5.74, 6) is -0.721. The number of Topliss-reactive ketones (excluding diaryl/α,β-unsaturated/α-hetero) is 1. The van der Waals surface area contributed by atoms with Crippen molar-refractivity contribution in [2.45, 2.75) is 13.1 Å². The van der Waals surface area contributed by atoms with Crippen LogP contribution in [0.15, 0.2) is 126 Å². The summed E-state index contributed by atoms with van der Waals surface area (Å²) in [6.07, 6.45) is -1.28. The number of benzodiazepines with no additional fused rings is 1. The van der Waals surface area contributed by atoms with Gasteiger partial charge < -0.3 is 15.5 Å². The Bertz CT molecular complexity index is 1840. The number of hydrogen-bond acceptors (Lipinski definition) is 4. The smallest absolute Gasteiger partial charge is 0.308 e. The summed E-state index contributed by atoms with van der Waals surface area (Å²) in [5.41, 5.74) is 4.53. The summed E-state index contributed by atoms with van der Waals surface area (Å²) in [7, 11) is 0. The van der Waals surface area contributed by atoms with Crippen LogP contribution in [-0.2, 0) is 4.79 Å². The van der Waals surface area contributed by atoms with Crippen molar-refractivity contribution < 1.29 is 14.4 Å². The molecule has 0 saturated heterocycles. The van der Waals surface area contributed by atoms with Crippen LogP contribution in [0.5, 0.6) is 0 Å². The molecule has 42 heavy (non-hydrogen) atoms. The molecule has 0 bridgehead atoms. The van der Waals surface area contributed by atoms with Crippen molar-refractivity contribution in [2.24, 2.45) is 4.99 Å². The van der Waals surface area contributed by atoms with Crippen LogP contribution in [0.2, 0.25) is 0 Å². The average molecular weight is 553 g/mol. The molecule has 5 aromatic rings. The number of nitrogens with one attached hydrogen (secondary N) is 2. The molecule has 0 radical (unpaired) electrons. The molecule has 1 aliphatic heterocycles. The lowest BCUT2D eigenvalue weighted by molar-refractivity contribution is -0.120. The van der Waals surface area contributed by atoms with Crippen LogP contribution >= 0.6 is 0 Å². The summed E-state index contributed by atoms with van der Waals surface area (Å²) >= 11 is 0. The lowest BCUT2D eigenvalue weighted by atomic mass is 9.99. The molecule has 0 aromatic heterocycles. The molecule has 0 saturated carbocycles. The Morgan fingerprint density at radius 3 is 2.31 bits per heavy atom. The van der Waals surface area contributed by atoms with Crippen molar-refractivity contribution in [3.8, 4) is 0 Å². The minimum atomic E-state index is -1.28. The number of nitrogens with zero attached hydrogens (tertiary/aromatic N) is 2. The molecule has 206 valence electrons. The van der Waals surface area contributed by atoms with E-state index in [0.29, 0.717) is 28.2 Å². The van der Waals surface area contributed by atoms with Gasteiger partial charge >= 0.3 is 6.03 Å². The fraction of sp³-hybridized carbons (Fsp3) is 0.0857. The van der Waals surface area contributed by atoms with Crippen molar-refractivity contribution in [1.82, 2.24) is 5.32 Å². The Kier molecular flexibility index (Phi) is 7.30. The standard InChI is InChI=1S/C35H28N4O3/c1-23-12-5-7-17-26(23)31(40)22-39-30-21-10-9-19-28(30)32(25-14-3-2-4-15-25)37-33(34(39)41)38-35(42)36-29-20-11-16-24-13-6-8-18-27(24)29/h2-21,33H,22H2,1H3,(H2,36,38,42)/t33-/m0/s1. The van der Waals surface area contributed by atoms with E-state index in [9.17, 15) is 14.4 Å². The van der Waals surface area contributed by atoms with Crippen LogP contribution in [0.1, 0.15) is 27.0 Å². The second-order valence-corrected chi connectivity index (χ2v) is 10.1. The number of rotatable bonds is 6. The highest BCUT2D eigenvalue weighted by Gasteiger charge is 2.34. The zero-order valence-electron chi connectivity index (χ0n) is 23.0. The monoisotopic (exact) mass is 552 g/mol. The van der Waals surface area contributed by atoms with Crippen molar-refractivity contribution in [3.63, 3.8) is 0 Å². The first kappa shape index (κ1) is 26.7. The molecule has 1 atom stereocenters. The number of aliphatic imine (C=N–C) groups is 1. The Labute approximate surface area is 243 Å². The van der Waals surface area contributed by atoms with E-state index in [-0.39, 0.29) is 12.3 Å². The second kappa shape index (κ2) is 11.5. The van der Waals surface area contributed by atoms with Gasteiger partial charge in [-0.15, -0.1) is 0 Å². The van der Waals surface area contributed by atoms with Crippen molar-refractivity contribution in [3.05, 3.63) is 144 Å². The quantitative estimate of drug-likeness (QED) is 0.240. The van der Waals surface area contributed by atoms with E-state index in [1.807, 2.05) is 104 Å². The molecule has 7 heteroatoms. The first-order chi connectivity index (χ1) is 20.5. The maximum atomic E-state index is 14.2. The number of benzene rings is 5. The first-order valence-corrected chi connectivity index (χ1v) is 13.7. The van der Waals surface area contributed by atoms with E-state index in [4.69, 9.17) is 4.99 Å². The molecule has 0 fully saturated rings. The number of para-hydroxylation sites is 1. The predicted molar refractivity (Wildman–Crippen MR) is 166 cm³/mol. The van der Waals surface area contributed by atoms with Crippen LogP contribution < -0.4 is 15.5 Å². The summed E-state index contributed by atoms with van der Waals surface area (Å²) in [6.45, 7) is 1.66. The van der Waals surface area contributed by atoms with Gasteiger partial charge in [0.25, 0.3) is 5.91 Å². The zero-order valence-corrected chi connectivity index (χ0v) is 23.0. The van der Waals surface area contributed by atoms with Gasteiger partial charge in [-0.05, 0) is 30.0 Å². The topological polar surface area (TPSA) is 90.9 Å². The highest BCUT2D eigenvalue weighted by molar-refractivity contribution is 6.21. The van der Waals surface area contributed by atoms with Crippen LogP contribution in [0.4, 0.5) is 16.2 Å². The molecule has 0 unspecified atom stereocenters. The van der Waals surface area contributed by atoms with Gasteiger partial charge in [0.2, 0.25) is 6.17 Å². The number of anilines is 2. The highest BCUT2D eigenvalue weighted by atomic mass is 16.2. The van der Waals surface area contributed by atoms with E-state index in [0.717, 1.165) is 21.9 Å². The van der Waals surface area contributed by atoms with Crippen LogP contribution in [-0.4, -0.2) is 36.1 Å². The van der Waals surface area contributed by atoms with Crippen molar-refractivity contribution >= 4 is 45.6 Å². The molecule has 1 aliphatic rings. The number of carbonyl (C=O) groups is 3. The van der Waals surface area contributed by atoms with Gasteiger partial charge in [-0.2, -0.15) is 0 Å². The third kappa shape index (κ3) is 5.28. The van der Waals surface area contributed by atoms with Crippen LogP contribution in [0.3, 0.4) is 0 Å². The van der Waals surface area contributed by atoms with Crippen molar-refractivity contribution in [1.29, 1.82) is 0 Å². The van der Waals surface area contributed by atoms with Gasteiger partial charge in [-0.1, -0.05) is 109 Å². The minimum absolute atomic E-state index is 0.207. The molecule has 7 nitrogen and oxygen atoms in total. The molecular formula is C35H28N4O3. The fourth-order valence-electron chi connectivity index (χ4n) is 5.24. The number of urea groups is 1. The molecule has 6 rings (SSSR count). The van der Waals surface area contributed by atoms with E-state index in [2.05, 4.69) is 10.6 Å². The molecule has 0 aliphatic carbocycles. The van der Waals surface area contributed by atoms with Gasteiger partial charge in [0.15, 0.2) is 5.78 Å². The van der Waals surface area contributed by atoms with E-state index in [1.54, 1.807) is 24.3 Å². The van der Waals surface area contributed by atoms with Gasteiger partial charge in [-0.25, -0.2) is 9.79 Å². The Balaban J connectivity index is 1.39. The Hall–Kier alpha value is -5.56. The summed E-state index contributed by atoms with van der Waals surface area (Å²) in [5, 5.41) is 7.49. The van der Waals surface area contributed by atoms with E-state index in [1.165, 1.54) is 4.90 Å². The summed E-state index contributed by atoms with van der Waals surface area (Å²) in [6, 6.07) is 36.9. The Morgan fingerprint density at radius 1 is 0.786 bits per heavy atom. The van der Waals surface area contributed by atoms with Gasteiger partial charge in [0.05, 0.1) is 23.6 Å². The van der Waals surface area contributed by atoms with Gasteiger partial charge in [-0.3, -0.25) is 9.59 Å². The molecule has 3 amide bonds. The lowest BCUT2D eigenvalue weighted by Crippen LogP contribution is -2.50. The molecular weight excluding hydrogens is 524 g/mol. The first-order valence-electron chi connectivity index (χ1n) is 13.7. The predicted octanol–water partition coefficient (Wildman–Crippen LogP) is 6.36. The van der Waals surface area contributed by atoms with Crippen LogP contribution in [0, 0.1) is 6.92 Å². The van der Waals surface area contributed by atoms with Crippen molar-refractivity contribution in [2.75, 3.05) is 16.8 Å². The van der Waals surface area contributed by atoms with Gasteiger partial charge in [0.1, 0.15) is 0 Å². The fourth-order valence-corrected chi connectivity index (χ4v) is 5.24. The third-order valence-electron chi connectivity index (χ3n) is 7.31. The number of fused-ring (bicyclic) bond motifs is 2. The SMILES string of the molecule is Cc1ccccc1C(=O)CN1C(=O)[C@H](NC(=O)Nc2cccc3ccccc23)N=C(c2ccccc2)c2ccccc21. The minimum Gasteiger partial charge on any atom is -0.308 e. The normalized spacial score (nSPS) is 14.5. The average Bonchev–Trinajstić information content (AvgIpc) is 3.12. The summed E-state index contributed by atoms with van der Waals surface area (Å²) < 4.78 is 0. The van der Waals surface area contributed by atoms with E-state index >= 15 is 0 Å². The molecule has 0 spiro atoms. The van der Waals surface area contributed by atoms with Gasteiger partial charge in [0, 0.05) is 22.1 Å². The maximum Gasteiger partial charge on any atom is 0.321 e.